The number of aliphatic carboxylic acids is 5. The van der Waals surface area contributed by atoms with E-state index < -0.39 is 206 Å². The van der Waals surface area contributed by atoms with Gasteiger partial charge in [0.2, 0.25) is 59.1 Å². The van der Waals surface area contributed by atoms with Gasteiger partial charge in [-0.1, -0.05) is 29.5 Å². The van der Waals surface area contributed by atoms with Gasteiger partial charge in [0.1, 0.15) is 54.0 Å². The summed E-state index contributed by atoms with van der Waals surface area (Å²) in [5.74, 6) is -22.9. The van der Waals surface area contributed by atoms with Crippen molar-refractivity contribution in [2.45, 2.75) is 177 Å². The maximum Gasteiger partial charge on any atom is 0.327 e. The zero-order valence-electron chi connectivity index (χ0n) is 57.8. The van der Waals surface area contributed by atoms with Crippen molar-refractivity contribution in [3.05, 3.63) is 81.3 Å². The molecular weight excluding hydrogens is 1560 g/mol. The minimum Gasteiger partial charge on any atom is -0.481 e. The van der Waals surface area contributed by atoms with Crippen LogP contribution in [0, 0.1) is 14.9 Å². The van der Waals surface area contributed by atoms with E-state index in [1.165, 1.54) is 41.3 Å². The topological polar surface area (TPSA) is 591 Å². The molecule has 2 aromatic heterocycles. The highest BCUT2D eigenvalue weighted by Gasteiger charge is 2.47. The third-order valence-corrected chi connectivity index (χ3v) is 17.4. The molecule has 4 aromatic rings. The molecule has 8 atom stereocenters. The molecule has 0 spiro atoms. The van der Waals surface area contributed by atoms with E-state index in [-0.39, 0.29) is 105 Å². The van der Waals surface area contributed by atoms with Crippen LogP contribution in [0.1, 0.15) is 124 Å². The number of nitrogens with one attached hydrogen (secondary N) is 10. The highest BCUT2D eigenvalue weighted by Crippen LogP contribution is 2.32. The number of hydrogen-bond donors (Lipinski definition) is 17. The number of unbranched alkanes of at least 4 members (excludes halogenated alkanes) is 2. The lowest BCUT2D eigenvalue weighted by Gasteiger charge is -2.26. The van der Waals surface area contributed by atoms with Gasteiger partial charge in [0.25, 0.3) is 11.8 Å². The van der Waals surface area contributed by atoms with E-state index in [1.807, 2.05) is 29.6 Å². The number of para-hydroxylation sites is 1. The second kappa shape index (κ2) is 43.5. The Hall–Kier alpha value is -11.1. The monoisotopic (exact) mass is 1650 g/mol. The summed E-state index contributed by atoms with van der Waals surface area (Å²) >= 11 is 5.98. The maximum absolute atomic E-state index is 14.4. The van der Waals surface area contributed by atoms with Gasteiger partial charge < -0.3 is 89.3 Å². The SMILES string of the molecule is N#C[C@@H]1CC(F)(F)CN1C(=O)CNC(=O)c1ccnc2c(NC(=O)CCC(=O)NCc3cn(CCCC[C@H](NC(=O)CC(NC(=O)[C@H](CCC(=O)O)NC(=O)CCCc4ccc(I)cc4)C(=O)O)C(=O)N[C@@H](CC(=O)O)C(=O)N[C@@H](CCCCN)C(=O)N[C@@H](CC(=O)O)C(=O)N[C@@H](CS)C(=O)O)nn3)cccc12. The smallest absolute Gasteiger partial charge is 0.327 e. The van der Waals surface area contributed by atoms with Gasteiger partial charge in [0.15, 0.2) is 0 Å². The summed E-state index contributed by atoms with van der Waals surface area (Å²) in [4.78, 5) is 213. The molecule has 3 heterocycles. The highest BCUT2D eigenvalue weighted by molar-refractivity contribution is 14.1. The zero-order valence-corrected chi connectivity index (χ0v) is 60.8. The van der Waals surface area contributed by atoms with Crippen LogP contribution in [-0.2, 0) is 91.4 Å². The molecule has 42 heteroatoms. The summed E-state index contributed by atoms with van der Waals surface area (Å²) in [5.41, 5.74) is 7.09. The van der Waals surface area contributed by atoms with E-state index in [1.54, 1.807) is 6.07 Å². The fraction of sp³-hybridized carbons (Fsp3) is 0.485. The van der Waals surface area contributed by atoms with Gasteiger partial charge in [0, 0.05) is 59.6 Å². The molecule has 0 aliphatic carbocycles. The van der Waals surface area contributed by atoms with Gasteiger partial charge in [-0.05, 0) is 117 Å². The highest BCUT2D eigenvalue weighted by atomic mass is 127. The summed E-state index contributed by atoms with van der Waals surface area (Å²) in [6.07, 6.45) is -3.04. The first-order valence-corrected chi connectivity index (χ1v) is 35.4. The summed E-state index contributed by atoms with van der Waals surface area (Å²) < 4.78 is 30.2. The van der Waals surface area contributed by atoms with Crippen LogP contribution < -0.4 is 58.9 Å². The van der Waals surface area contributed by atoms with E-state index in [4.69, 9.17) is 5.73 Å². The molecule has 5 rings (SSSR count). The van der Waals surface area contributed by atoms with Crippen LogP contribution in [0.3, 0.4) is 0 Å². The zero-order chi connectivity index (χ0) is 79.8. The number of rotatable bonds is 46. The molecular formula is C66H82F2IN17O21S. The first-order chi connectivity index (χ1) is 51.2. The predicted molar refractivity (Wildman–Crippen MR) is 382 cm³/mol. The summed E-state index contributed by atoms with van der Waals surface area (Å²) in [6.45, 7) is -1.76. The van der Waals surface area contributed by atoms with Crippen LogP contribution in [-0.4, -0.2) is 225 Å². The minimum absolute atomic E-state index is 0.0145. The first-order valence-electron chi connectivity index (χ1n) is 33.6. The van der Waals surface area contributed by atoms with Gasteiger partial charge in [0.05, 0.1) is 67.9 Å². The average molecular weight is 1650 g/mol. The molecule has 108 heavy (non-hydrogen) atoms. The number of likely N-dealkylation sites (tertiary alicyclic amines) is 1. The first kappa shape index (κ1) is 87.5. The maximum atomic E-state index is 14.4. The van der Waals surface area contributed by atoms with Crippen LogP contribution >= 0.6 is 35.2 Å². The average Bonchev–Trinajstić information content (AvgIpc) is 1.05. The Bertz CT molecular complexity index is 4000. The van der Waals surface area contributed by atoms with E-state index in [2.05, 4.69) is 98.4 Å². The lowest BCUT2D eigenvalue weighted by Crippen LogP contribution is -2.59. The van der Waals surface area contributed by atoms with Crippen molar-refractivity contribution in [2.24, 2.45) is 5.73 Å². The fourth-order valence-corrected chi connectivity index (χ4v) is 11.4. The molecule has 1 unspecified atom stereocenters. The number of pyridine rings is 1. The van der Waals surface area contributed by atoms with Crippen LogP contribution in [0.4, 0.5) is 14.5 Å². The van der Waals surface area contributed by atoms with Crippen molar-refractivity contribution in [3.63, 3.8) is 0 Å². The molecule has 0 radical (unpaired) electrons. The lowest BCUT2D eigenvalue weighted by atomic mass is 10.0. The van der Waals surface area contributed by atoms with Crippen molar-refractivity contribution in [1.82, 2.24) is 72.7 Å². The summed E-state index contributed by atoms with van der Waals surface area (Å²) in [6, 6.07) is 0.679. The van der Waals surface area contributed by atoms with Crippen LogP contribution in [0.25, 0.3) is 10.9 Å². The van der Waals surface area contributed by atoms with Gasteiger partial charge in [-0.2, -0.15) is 17.9 Å². The number of anilines is 1. The number of alkyl halides is 2. The van der Waals surface area contributed by atoms with Crippen molar-refractivity contribution in [1.29, 1.82) is 5.26 Å². The number of nitriles is 1. The van der Waals surface area contributed by atoms with Gasteiger partial charge >= 0.3 is 29.8 Å². The van der Waals surface area contributed by atoms with E-state index >= 15 is 0 Å². The Morgan fingerprint density at radius 3 is 1.78 bits per heavy atom. The number of hydrogen-bond acceptors (Lipinski definition) is 22. The Labute approximate surface area is 632 Å². The van der Waals surface area contributed by atoms with Crippen molar-refractivity contribution in [3.8, 4) is 6.07 Å². The Morgan fingerprint density at radius 2 is 1.19 bits per heavy atom. The number of aryl methyl sites for hydroxylation is 2. The van der Waals surface area contributed by atoms with E-state index in [0.717, 1.165) is 9.13 Å². The number of carbonyl (C=O) groups is 16. The number of carboxylic acids is 5. The quantitative estimate of drug-likeness (QED) is 0.0143. The number of benzene rings is 2. The molecule has 11 amide bonds. The fourth-order valence-electron chi connectivity index (χ4n) is 10.8. The number of nitrogens with two attached hydrogens (primary N) is 1. The second-order valence-electron chi connectivity index (χ2n) is 24.8. The Morgan fingerprint density at radius 1 is 0.620 bits per heavy atom. The molecule has 38 nitrogen and oxygen atoms in total. The number of carboxylic acid groups (broad SMARTS) is 5. The molecule has 0 bridgehead atoms. The summed E-state index contributed by atoms with van der Waals surface area (Å²) in [7, 11) is 0. The van der Waals surface area contributed by atoms with E-state index in [9.17, 15) is 116 Å². The summed E-state index contributed by atoms with van der Waals surface area (Å²) in [5, 5.41) is 89.3. The molecule has 1 aliphatic heterocycles. The van der Waals surface area contributed by atoms with Crippen molar-refractivity contribution >= 4 is 147 Å². The lowest BCUT2D eigenvalue weighted by molar-refractivity contribution is -0.144. The van der Waals surface area contributed by atoms with Crippen LogP contribution in [0.5, 0.6) is 0 Å². The molecule has 1 fully saturated rings. The third-order valence-electron chi connectivity index (χ3n) is 16.3. The Balaban J connectivity index is 1.26. The Kier molecular flexibility index (Phi) is 35.3. The molecule has 17 N–H and O–H groups in total. The number of amides is 11. The third kappa shape index (κ3) is 29.7. The number of aromatic nitrogens is 4. The standard InChI is InChI=1S/C66H82F2IN17O21S/c67-66(68)28-38(29-71)86(34-66)53(91)31-74-58(98)40-21-23-72-57-39(40)8-6-11-41(57)75-51(89)19-18-49(87)73-30-37-32-85(84-83-37)24-4-2-10-42(77-52(90)25-47(64(104)105)81-61(101)44(17-20-54(92)93)76-50(88)12-5-7-35-13-15-36(69)16-14-35)59(99)79-45(26-55(94)95)62(102)78-43(9-1-3-22-70)60(100)80-46(27-56(96)97)63(103)82-48(33-108)65(106)107/h6,8,11,13-16,21,23,32,38,42-48,108H,1-5,7,9-10,12,17-20,22,24-28,30-31,33-34,70H2,(H,73,87)(H,74,98)(H,75,89)(H,76,88)(H,77,90)(H,78,102)(H,79,99)(H,80,100)(H,81,101)(H,82,103)(H,92,93)(H,94,95)(H,96,97)(H,104,105)(H,106,107)/t38-,42-,43-,44-,45-,46-,47?,48-/m0/s1. The minimum atomic E-state index is -3.27. The predicted octanol–water partition coefficient (Wildman–Crippen LogP) is -1.03. The largest absolute Gasteiger partial charge is 0.481 e. The van der Waals surface area contributed by atoms with Crippen molar-refractivity contribution in [2.75, 3.05) is 30.7 Å². The van der Waals surface area contributed by atoms with Gasteiger partial charge in [-0.15, -0.1) is 5.10 Å². The molecule has 1 saturated heterocycles. The number of nitrogens with zero attached hydrogens (tertiary/aromatic N) is 6. The van der Waals surface area contributed by atoms with Gasteiger partial charge in [-0.3, -0.25) is 76.8 Å². The number of carbonyl (C=O) groups excluding carboxylic acids is 11. The number of fused-ring (bicyclic) bond motifs is 1. The van der Waals surface area contributed by atoms with Gasteiger partial charge in [-0.25, -0.2) is 18.4 Å². The number of halogens is 3. The van der Waals surface area contributed by atoms with E-state index in [0.29, 0.717) is 17.7 Å². The normalized spacial score (nSPS) is 14.8. The molecule has 1 aliphatic rings. The van der Waals surface area contributed by atoms with Crippen LogP contribution in [0.2, 0.25) is 0 Å². The molecule has 584 valence electrons. The van der Waals surface area contributed by atoms with Crippen LogP contribution in [0.15, 0.2) is 60.9 Å². The number of thiol groups is 1. The molecule has 0 saturated carbocycles. The molecule has 2 aromatic carbocycles. The van der Waals surface area contributed by atoms with Crippen molar-refractivity contribution < 1.29 is 111 Å². The second-order valence-corrected chi connectivity index (χ2v) is 26.4.